The van der Waals surface area contributed by atoms with Crippen molar-refractivity contribution in [1.82, 2.24) is 10.2 Å². The number of urea groups is 1. The van der Waals surface area contributed by atoms with Gasteiger partial charge in [-0.2, -0.15) is 11.8 Å². The van der Waals surface area contributed by atoms with Crippen LogP contribution in [-0.4, -0.2) is 58.8 Å². The minimum Gasteiger partial charge on any atom is -0.323 e. The number of carbonyl (C=O) groups excluding carboxylic acids is 4. The predicted octanol–water partition coefficient (Wildman–Crippen LogP) is 1.18. The van der Waals surface area contributed by atoms with E-state index < -0.39 is 17.5 Å². The molecular formula is C18H20N4O4S. The highest BCUT2D eigenvalue weighted by molar-refractivity contribution is 7.99. The maximum Gasteiger partial charge on any atom is 0.325 e. The zero-order valence-electron chi connectivity index (χ0n) is 14.7. The Morgan fingerprint density at radius 2 is 2.07 bits per heavy atom. The molecule has 0 saturated carbocycles. The average molecular weight is 388 g/mol. The number of hydrogen-bond donors (Lipinski definition) is 2. The van der Waals surface area contributed by atoms with Crippen molar-refractivity contribution in [1.29, 1.82) is 0 Å². The molecule has 3 aliphatic heterocycles. The van der Waals surface area contributed by atoms with Crippen molar-refractivity contribution in [2.75, 3.05) is 34.8 Å². The van der Waals surface area contributed by atoms with Crippen molar-refractivity contribution in [3.05, 3.63) is 24.3 Å². The number of amides is 5. The number of nitrogens with one attached hydrogen (secondary N) is 2. The van der Waals surface area contributed by atoms with Gasteiger partial charge in [-0.05, 0) is 30.7 Å². The second-order valence-corrected chi connectivity index (χ2v) is 8.03. The highest BCUT2D eigenvalue weighted by atomic mass is 32.2. The van der Waals surface area contributed by atoms with Crippen LogP contribution in [0.3, 0.4) is 0 Å². The van der Waals surface area contributed by atoms with E-state index in [1.807, 2.05) is 0 Å². The molecule has 1 spiro atoms. The molecule has 1 aromatic carbocycles. The van der Waals surface area contributed by atoms with E-state index in [4.69, 9.17) is 0 Å². The predicted molar refractivity (Wildman–Crippen MR) is 102 cm³/mol. The monoisotopic (exact) mass is 388 g/mol. The summed E-state index contributed by atoms with van der Waals surface area (Å²) in [4.78, 5) is 52.0. The minimum atomic E-state index is -0.859. The van der Waals surface area contributed by atoms with E-state index in [-0.39, 0.29) is 18.4 Å². The Morgan fingerprint density at radius 1 is 1.26 bits per heavy atom. The van der Waals surface area contributed by atoms with E-state index in [0.29, 0.717) is 36.5 Å². The highest BCUT2D eigenvalue weighted by Gasteiger charge is 2.53. The number of rotatable bonds is 4. The number of anilines is 2. The number of hydrogen-bond acceptors (Lipinski definition) is 5. The van der Waals surface area contributed by atoms with Crippen LogP contribution in [0.25, 0.3) is 0 Å². The van der Waals surface area contributed by atoms with Crippen molar-refractivity contribution >= 4 is 46.9 Å². The van der Waals surface area contributed by atoms with Crippen LogP contribution in [0, 0.1) is 0 Å². The smallest absolute Gasteiger partial charge is 0.323 e. The van der Waals surface area contributed by atoms with Crippen LogP contribution in [0.4, 0.5) is 16.2 Å². The topological polar surface area (TPSA) is 98.8 Å². The van der Waals surface area contributed by atoms with Gasteiger partial charge in [0.2, 0.25) is 11.8 Å². The van der Waals surface area contributed by atoms with Gasteiger partial charge >= 0.3 is 6.03 Å². The zero-order chi connectivity index (χ0) is 19.0. The summed E-state index contributed by atoms with van der Waals surface area (Å²) in [5, 5.41) is 5.49. The maximum atomic E-state index is 12.6. The Morgan fingerprint density at radius 3 is 2.78 bits per heavy atom. The van der Waals surface area contributed by atoms with Crippen LogP contribution in [0.1, 0.15) is 19.3 Å². The fraction of sp³-hybridized carbons (Fsp3) is 0.444. The Balaban J connectivity index is 1.47. The lowest BCUT2D eigenvalue weighted by Gasteiger charge is -2.21. The molecule has 0 radical (unpaired) electrons. The lowest BCUT2D eigenvalue weighted by molar-refractivity contribution is -0.133. The standard InChI is InChI=1S/C18H20N4O4S/c23-14(10-22-16(25)18(20-17(22)26)7-9-27-11-18)19-12-4-1-2-5-13(12)21-8-3-6-15(21)24/h1-2,4-5H,3,6-11H2,(H,19,23)(H,20,26). The Bertz CT molecular complexity index is 821. The lowest BCUT2D eigenvalue weighted by atomic mass is 9.99. The molecule has 2 N–H and O–H groups in total. The average Bonchev–Trinajstić information content (AvgIpc) is 3.34. The molecule has 3 saturated heterocycles. The molecular weight excluding hydrogens is 368 g/mol. The summed E-state index contributed by atoms with van der Waals surface area (Å²) in [7, 11) is 0. The lowest BCUT2D eigenvalue weighted by Crippen LogP contribution is -2.47. The van der Waals surface area contributed by atoms with Crippen LogP contribution in [0.5, 0.6) is 0 Å². The summed E-state index contributed by atoms with van der Waals surface area (Å²) in [6, 6.07) is 6.52. The Kier molecular flexibility index (Phi) is 4.55. The van der Waals surface area contributed by atoms with Gasteiger partial charge in [0, 0.05) is 18.7 Å². The molecule has 142 valence electrons. The number of benzene rings is 1. The number of carbonyl (C=O) groups is 4. The first-order chi connectivity index (χ1) is 13.0. The first kappa shape index (κ1) is 17.8. The Labute approximate surface area is 160 Å². The van der Waals surface area contributed by atoms with Gasteiger partial charge in [0.1, 0.15) is 12.1 Å². The van der Waals surface area contributed by atoms with E-state index in [0.717, 1.165) is 17.1 Å². The first-order valence-electron chi connectivity index (χ1n) is 8.91. The van der Waals surface area contributed by atoms with Gasteiger partial charge in [0.15, 0.2) is 0 Å². The van der Waals surface area contributed by atoms with Gasteiger partial charge < -0.3 is 15.5 Å². The summed E-state index contributed by atoms with van der Waals surface area (Å²) in [5.74, 6) is 0.557. The van der Waals surface area contributed by atoms with Crippen molar-refractivity contribution in [2.24, 2.45) is 0 Å². The number of imide groups is 1. The third-order valence-corrected chi connectivity index (χ3v) is 6.30. The normalized spacial score (nSPS) is 24.8. The van der Waals surface area contributed by atoms with Crippen molar-refractivity contribution in [3.8, 4) is 0 Å². The quantitative estimate of drug-likeness (QED) is 0.755. The fourth-order valence-corrected chi connectivity index (χ4v) is 5.03. The number of para-hydroxylation sites is 2. The zero-order valence-corrected chi connectivity index (χ0v) is 15.5. The van der Waals surface area contributed by atoms with E-state index in [1.54, 1.807) is 40.9 Å². The minimum absolute atomic E-state index is 0.0199. The molecule has 5 amide bonds. The van der Waals surface area contributed by atoms with Crippen LogP contribution in [-0.2, 0) is 14.4 Å². The summed E-state index contributed by atoms with van der Waals surface area (Å²) >= 11 is 1.62. The number of thioether (sulfide) groups is 1. The summed E-state index contributed by atoms with van der Waals surface area (Å²) in [6.07, 6.45) is 1.86. The van der Waals surface area contributed by atoms with Gasteiger partial charge in [0.25, 0.3) is 5.91 Å². The van der Waals surface area contributed by atoms with Gasteiger partial charge in [0.05, 0.1) is 11.4 Å². The molecule has 3 fully saturated rings. The molecule has 1 unspecified atom stereocenters. The van der Waals surface area contributed by atoms with Gasteiger partial charge in [-0.3, -0.25) is 19.3 Å². The largest absolute Gasteiger partial charge is 0.325 e. The molecule has 0 bridgehead atoms. The van der Waals surface area contributed by atoms with Crippen molar-refractivity contribution in [3.63, 3.8) is 0 Å². The van der Waals surface area contributed by atoms with E-state index in [9.17, 15) is 19.2 Å². The second kappa shape index (κ2) is 6.88. The molecule has 0 aromatic heterocycles. The number of nitrogens with zero attached hydrogens (tertiary/aromatic N) is 2. The van der Waals surface area contributed by atoms with Gasteiger partial charge in [-0.1, -0.05) is 12.1 Å². The van der Waals surface area contributed by atoms with Gasteiger partial charge in [-0.15, -0.1) is 0 Å². The third-order valence-electron chi connectivity index (χ3n) is 5.11. The summed E-state index contributed by atoms with van der Waals surface area (Å²) in [5.41, 5.74) is 0.271. The molecule has 27 heavy (non-hydrogen) atoms. The molecule has 3 heterocycles. The Hall–Kier alpha value is -2.55. The molecule has 0 aliphatic carbocycles. The highest BCUT2D eigenvalue weighted by Crippen LogP contribution is 2.33. The van der Waals surface area contributed by atoms with E-state index >= 15 is 0 Å². The van der Waals surface area contributed by atoms with Gasteiger partial charge in [-0.25, -0.2) is 4.79 Å². The first-order valence-corrected chi connectivity index (χ1v) is 10.1. The van der Waals surface area contributed by atoms with Crippen LogP contribution < -0.4 is 15.5 Å². The third kappa shape index (κ3) is 3.16. The molecule has 9 heteroatoms. The fourth-order valence-electron chi connectivity index (χ4n) is 3.70. The second-order valence-electron chi connectivity index (χ2n) is 6.92. The van der Waals surface area contributed by atoms with Crippen LogP contribution in [0.2, 0.25) is 0 Å². The van der Waals surface area contributed by atoms with Crippen LogP contribution in [0.15, 0.2) is 24.3 Å². The van der Waals surface area contributed by atoms with E-state index in [1.165, 1.54) is 0 Å². The summed E-state index contributed by atoms with van der Waals surface area (Å²) < 4.78 is 0. The SMILES string of the molecule is O=C(CN1C(=O)NC2(CCSC2)C1=O)Nc1ccccc1N1CCCC1=O. The maximum absolute atomic E-state index is 12.6. The van der Waals surface area contributed by atoms with E-state index in [2.05, 4.69) is 10.6 Å². The molecule has 3 aliphatic rings. The van der Waals surface area contributed by atoms with Crippen molar-refractivity contribution in [2.45, 2.75) is 24.8 Å². The molecule has 1 aromatic rings. The molecule has 4 rings (SSSR count). The van der Waals surface area contributed by atoms with Crippen LogP contribution >= 0.6 is 11.8 Å². The molecule has 8 nitrogen and oxygen atoms in total. The molecule has 1 atom stereocenters. The summed E-state index contributed by atoms with van der Waals surface area (Å²) in [6.45, 7) is 0.262. The van der Waals surface area contributed by atoms with Crippen molar-refractivity contribution < 1.29 is 19.2 Å².